The van der Waals surface area contributed by atoms with Gasteiger partial charge in [0.1, 0.15) is 10.8 Å². The molecule has 2 N–H and O–H groups in total. The van der Waals surface area contributed by atoms with Gasteiger partial charge >= 0.3 is 0 Å². The predicted molar refractivity (Wildman–Crippen MR) is 51.2 cm³/mol. The molecule has 12 heavy (non-hydrogen) atoms. The van der Waals surface area contributed by atoms with E-state index in [1.54, 1.807) is 11.7 Å². The molecular formula is C8H14ClN3. The third kappa shape index (κ3) is 1.72. The van der Waals surface area contributed by atoms with Crippen LogP contribution in [0.15, 0.2) is 0 Å². The minimum absolute atomic E-state index is 0.548. The number of aromatic nitrogens is 2. The normalized spacial score (nSPS) is 11.1. The first kappa shape index (κ1) is 9.39. The van der Waals surface area contributed by atoms with Gasteiger partial charge in [0, 0.05) is 7.05 Å². The van der Waals surface area contributed by atoms with Gasteiger partial charge in [-0.3, -0.25) is 4.68 Å². The summed E-state index contributed by atoms with van der Waals surface area (Å²) in [7, 11) is 1.80. The van der Waals surface area contributed by atoms with Crippen LogP contribution in [0.25, 0.3) is 0 Å². The van der Waals surface area contributed by atoms with Crippen LogP contribution in [0.1, 0.15) is 19.5 Å². The molecule has 1 rings (SSSR count). The van der Waals surface area contributed by atoms with Gasteiger partial charge < -0.3 is 5.73 Å². The maximum atomic E-state index is 5.95. The second kappa shape index (κ2) is 3.35. The monoisotopic (exact) mass is 187 g/mol. The number of hydrogen-bond acceptors (Lipinski definition) is 2. The van der Waals surface area contributed by atoms with Crippen molar-refractivity contribution in [2.75, 3.05) is 5.73 Å². The summed E-state index contributed by atoms with van der Waals surface area (Å²) in [5.74, 6) is 1.10. The number of halogens is 1. The van der Waals surface area contributed by atoms with Crippen LogP contribution < -0.4 is 5.73 Å². The van der Waals surface area contributed by atoms with Crippen LogP contribution in [0.2, 0.25) is 5.02 Å². The number of hydrogen-bond donors (Lipinski definition) is 1. The van der Waals surface area contributed by atoms with Crippen molar-refractivity contribution in [3.63, 3.8) is 0 Å². The largest absolute Gasteiger partial charge is 0.383 e. The Hall–Kier alpha value is -0.700. The van der Waals surface area contributed by atoms with Crippen LogP contribution in [0.3, 0.4) is 0 Å². The highest BCUT2D eigenvalue weighted by atomic mass is 35.5. The Labute approximate surface area is 77.5 Å². The summed E-state index contributed by atoms with van der Waals surface area (Å²) in [6.07, 6.45) is 0.879. The molecule has 0 aliphatic heterocycles. The molecule has 0 unspecified atom stereocenters. The van der Waals surface area contributed by atoms with E-state index in [4.69, 9.17) is 17.3 Å². The van der Waals surface area contributed by atoms with Gasteiger partial charge in [-0.25, -0.2) is 0 Å². The van der Waals surface area contributed by atoms with Gasteiger partial charge in [-0.2, -0.15) is 5.10 Å². The number of nitrogens with zero attached hydrogens (tertiary/aromatic N) is 2. The Morgan fingerprint density at radius 1 is 1.58 bits per heavy atom. The standard InChI is InChI=1S/C8H14ClN3/c1-5(2)4-6-7(9)8(10)12(3)11-6/h5H,4,10H2,1-3H3. The van der Waals surface area contributed by atoms with Crippen molar-refractivity contribution in [3.05, 3.63) is 10.7 Å². The number of nitrogens with two attached hydrogens (primary N) is 1. The van der Waals surface area contributed by atoms with Crippen molar-refractivity contribution < 1.29 is 0 Å². The first-order valence-electron chi connectivity index (χ1n) is 3.99. The third-order valence-corrected chi connectivity index (χ3v) is 2.11. The van der Waals surface area contributed by atoms with Crippen LogP contribution in [0, 0.1) is 5.92 Å². The maximum absolute atomic E-state index is 5.95. The lowest BCUT2D eigenvalue weighted by Crippen LogP contribution is -1.98. The summed E-state index contributed by atoms with van der Waals surface area (Å²) >= 11 is 5.95. The fourth-order valence-electron chi connectivity index (χ4n) is 1.09. The highest BCUT2D eigenvalue weighted by molar-refractivity contribution is 6.33. The van der Waals surface area contributed by atoms with Crippen molar-refractivity contribution in [1.82, 2.24) is 9.78 Å². The lowest BCUT2D eigenvalue weighted by Gasteiger charge is -1.99. The predicted octanol–water partition coefficient (Wildman–Crippen LogP) is 1.85. The first-order valence-corrected chi connectivity index (χ1v) is 4.37. The van der Waals surface area contributed by atoms with E-state index in [2.05, 4.69) is 18.9 Å². The average Bonchev–Trinajstić information content (AvgIpc) is 2.17. The average molecular weight is 188 g/mol. The SMILES string of the molecule is CC(C)Cc1nn(C)c(N)c1Cl. The molecule has 0 saturated heterocycles. The van der Waals surface area contributed by atoms with Crippen LogP contribution in [0.4, 0.5) is 5.82 Å². The Morgan fingerprint density at radius 2 is 2.17 bits per heavy atom. The quantitative estimate of drug-likeness (QED) is 0.768. The highest BCUT2D eigenvalue weighted by Gasteiger charge is 2.11. The zero-order valence-electron chi connectivity index (χ0n) is 7.63. The maximum Gasteiger partial charge on any atom is 0.140 e. The van der Waals surface area contributed by atoms with Crippen molar-refractivity contribution >= 4 is 17.4 Å². The van der Waals surface area contributed by atoms with Crippen LogP contribution in [-0.4, -0.2) is 9.78 Å². The molecule has 0 aromatic carbocycles. The van der Waals surface area contributed by atoms with Crippen molar-refractivity contribution in [2.45, 2.75) is 20.3 Å². The van der Waals surface area contributed by atoms with E-state index in [9.17, 15) is 0 Å². The number of rotatable bonds is 2. The van der Waals surface area contributed by atoms with Crippen LogP contribution >= 0.6 is 11.6 Å². The van der Waals surface area contributed by atoms with Gasteiger partial charge in [0.25, 0.3) is 0 Å². The van der Waals surface area contributed by atoms with Crippen LogP contribution in [-0.2, 0) is 13.5 Å². The summed E-state index contributed by atoms with van der Waals surface area (Å²) in [5, 5.41) is 4.81. The summed E-state index contributed by atoms with van der Waals surface area (Å²) in [5.41, 5.74) is 6.54. The van der Waals surface area contributed by atoms with E-state index in [0.29, 0.717) is 16.8 Å². The second-order valence-electron chi connectivity index (χ2n) is 3.37. The van der Waals surface area contributed by atoms with E-state index >= 15 is 0 Å². The van der Waals surface area contributed by atoms with Gasteiger partial charge in [0.15, 0.2) is 0 Å². The fraction of sp³-hybridized carbons (Fsp3) is 0.625. The molecule has 0 radical (unpaired) electrons. The molecule has 0 amide bonds. The van der Waals surface area contributed by atoms with E-state index < -0.39 is 0 Å². The van der Waals surface area contributed by atoms with Gasteiger partial charge in [0.2, 0.25) is 0 Å². The Morgan fingerprint density at radius 3 is 2.50 bits per heavy atom. The molecule has 1 aromatic heterocycles. The lowest BCUT2D eigenvalue weighted by molar-refractivity contribution is 0.621. The zero-order chi connectivity index (χ0) is 9.30. The van der Waals surface area contributed by atoms with E-state index in [-0.39, 0.29) is 0 Å². The van der Waals surface area contributed by atoms with Gasteiger partial charge in [-0.05, 0) is 12.3 Å². The highest BCUT2D eigenvalue weighted by Crippen LogP contribution is 2.23. The topological polar surface area (TPSA) is 43.8 Å². The second-order valence-corrected chi connectivity index (χ2v) is 3.75. The van der Waals surface area contributed by atoms with E-state index in [1.165, 1.54) is 0 Å². The number of anilines is 1. The van der Waals surface area contributed by atoms with E-state index in [1.807, 2.05) is 0 Å². The summed E-state index contributed by atoms with van der Waals surface area (Å²) in [6.45, 7) is 4.25. The van der Waals surface area contributed by atoms with Gasteiger partial charge in [0.05, 0.1) is 5.69 Å². The first-order chi connectivity index (χ1) is 5.52. The minimum Gasteiger partial charge on any atom is -0.383 e. The molecule has 0 aliphatic carbocycles. The molecule has 0 spiro atoms. The molecule has 0 fully saturated rings. The minimum atomic E-state index is 0.548. The molecule has 0 aliphatic rings. The lowest BCUT2D eigenvalue weighted by atomic mass is 10.1. The summed E-state index contributed by atoms with van der Waals surface area (Å²) < 4.78 is 1.61. The molecule has 0 atom stereocenters. The van der Waals surface area contributed by atoms with Crippen molar-refractivity contribution in [1.29, 1.82) is 0 Å². The molecule has 1 heterocycles. The van der Waals surface area contributed by atoms with Crippen molar-refractivity contribution in [2.24, 2.45) is 13.0 Å². The molecule has 1 aromatic rings. The number of aryl methyl sites for hydroxylation is 1. The Bertz CT molecular complexity index is 278. The molecule has 0 bridgehead atoms. The molecule has 4 heteroatoms. The number of nitrogen functional groups attached to an aromatic ring is 1. The summed E-state index contributed by atoms with van der Waals surface area (Å²) in [4.78, 5) is 0. The van der Waals surface area contributed by atoms with Crippen LogP contribution in [0.5, 0.6) is 0 Å². The molecule has 3 nitrogen and oxygen atoms in total. The van der Waals surface area contributed by atoms with Gasteiger partial charge in [-0.1, -0.05) is 25.4 Å². The Kier molecular flexibility index (Phi) is 2.62. The third-order valence-electron chi connectivity index (χ3n) is 1.70. The Balaban J connectivity index is 2.93. The zero-order valence-corrected chi connectivity index (χ0v) is 8.39. The molecular weight excluding hydrogens is 174 g/mol. The molecule has 68 valence electrons. The van der Waals surface area contributed by atoms with Gasteiger partial charge in [-0.15, -0.1) is 0 Å². The smallest absolute Gasteiger partial charge is 0.140 e. The fourth-order valence-corrected chi connectivity index (χ4v) is 1.32. The van der Waals surface area contributed by atoms with Crippen molar-refractivity contribution in [3.8, 4) is 0 Å². The van der Waals surface area contributed by atoms with E-state index in [0.717, 1.165) is 12.1 Å². The summed E-state index contributed by atoms with van der Waals surface area (Å²) in [6, 6.07) is 0. The molecule has 0 saturated carbocycles.